The molecule has 0 amide bonds. The smallest absolute Gasteiger partial charge is 0.161 e. The average Bonchev–Trinajstić information content (AvgIpc) is 2.99. The molecule has 2 aromatic carbocycles. The van der Waals surface area contributed by atoms with Crippen LogP contribution in [0.25, 0.3) is 5.69 Å². The summed E-state index contributed by atoms with van der Waals surface area (Å²) in [7, 11) is 0. The highest BCUT2D eigenvalue weighted by atomic mass is 35.5. The van der Waals surface area contributed by atoms with E-state index in [-0.39, 0.29) is 11.0 Å². The van der Waals surface area contributed by atoms with Crippen molar-refractivity contribution in [3.05, 3.63) is 70.9 Å². The van der Waals surface area contributed by atoms with Crippen LogP contribution in [-0.4, -0.2) is 19.9 Å². The second-order valence-electron chi connectivity index (χ2n) is 5.51. The van der Waals surface area contributed by atoms with Gasteiger partial charge < -0.3 is 5.11 Å². The Morgan fingerprint density at radius 3 is 2.62 bits per heavy atom. The molecular formula is C18H14ClN3OS. The molecule has 2 heterocycles. The van der Waals surface area contributed by atoms with E-state index in [1.807, 2.05) is 49.5 Å². The predicted molar refractivity (Wildman–Crippen MR) is 98.9 cm³/mol. The van der Waals surface area contributed by atoms with Crippen molar-refractivity contribution >= 4 is 34.2 Å². The number of fused-ring (bicyclic) bond motifs is 1. The Hall–Kier alpha value is -2.24. The molecule has 3 aromatic rings. The number of phenols is 1. The van der Waals surface area contributed by atoms with Crippen LogP contribution in [0, 0.1) is 0 Å². The van der Waals surface area contributed by atoms with Crippen LogP contribution in [0.15, 0.2) is 59.7 Å². The molecule has 6 heteroatoms. The number of nitrogens with zero attached hydrogens (tertiary/aromatic N) is 3. The molecule has 0 bridgehead atoms. The summed E-state index contributed by atoms with van der Waals surface area (Å²) in [5, 5.41) is 15.7. The van der Waals surface area contributed by atoms with Gasteiger partial charge in [0.2, 0.25) is 0 Å². The number of aromatic hydroxyl groups is 1. The molecule has 4 nitrogen and oxygen atoms in total. The number of benzene rings is 2. The van der Waals surface area contributed by atoms with Gasteiger partial charge in [0.25, 0.3) is 0 Å². The van der Waals surface area contributed by atoms with Gasteiger partial charge in [-0.25, -0.2) is 9.67 Å². The normalized spacial score (nSPS) is 16.6. The van der Waals surface area contributed by atoms with Gasteiger partial charge in [0, 0.05) is 5.56 Å². The number of halogens is 1. The Labute approximate surface area is 148 Å². The lowest BCUT2D eigenvalue weighted by Gasteiger charge is -2.21. The van der Waals surface area contributed by atoms with E-state index in [4.69, 9.17) is 11.6 Å². The lowest BCUT2D eigenvalue weighted by atomic mass is 10.1. The molecule has 1 aliphatic heterocycles. The highest BCUT2D eigenvalue weighted by Gasteiger charge is 2.27. The summed E-state index contributed by atoms with van der Waals surface area (Å²) in [6.45, 7) is 1.99. The van der Waals surface area contributed by atoms with E-state index in [1.54, 1.807) is 28.6 Å². The van der Waals surface area contributed by atoms with Crippen LogP contribution >= 0.6 is 23.4 Å². The van der Waals surface area contributed by atoms with Crippen molar-refractivity contribution in [2.75, 3.05) is 0 Å². The van der Waals surface area contributed by atoms with Gasteiger partial charge in [0.1, 0.15) is 5.75 Å². The monoisotopic (exact) mass is 355 g/mol. The van der Waals surface area contributed by atoms with E-state index in [0.29, 0.717) is 5.02 Å². The molecule has 1 aliphatic rings. The molecule has 0 fully saturated rings. The molecular weight excluding hydrogens is 342 g/mol. The van der Waals surface area contributed by atoms with Gasteiger partial charge in [0.15, 0.2) is 5.82 Å². The molecule has 1 N–H and O–H groups in total. The van der Waals surface area contributed by atoms with Gasteiger partial charge >= 0.3 is 0 Å². The number of phenolic OH excluding ortho intramolecular Hbond substituents is 1. The molecule has 1 atom stereocenters. The summed E-state index contributed by atoms with van der Waals surface area (Å²) in [6, 6.07) is 14.9. The van der Waals surface area contributed by atoms with Crippen LogP contribution in [-0.2, 0) is 0 Å². The molecule has 0 spiro atoms. The summed E-state index contributed by atoms with van der Waals surface area (Å²) >= 11 is 8.01. The standard InChI is InChI=1S/C18H14ClN3OS/c1-11-21-18-14(17(24-11)12-6-8-13(23)9-7-12)10-20-22(18)16-5-3-2-4-15(16)19/h2-10,17,23H,1H3/t17-/m0/s1. The minimum Gasteiger partial charge on any atom is -0.508 e. The second-order valence-corrected chi connectivity index (χ2v) is 7.21. The Kier molecular flexibility index (Phi) is 3.82. The van der Waals surface area contributed by atoms with Crippen LogP contribution in [0.2, 0.25) is 5.02 Å². The van der Waals surface area contributed by atoms with E-state index in [2.05, 4.69) is 10.1 Å². The number of para-hydroxylation sites is 1. The van der Waals surface area contributed by atoms with Crippen molar-refractivity contribution in [3.63, 3.8) is 0 Å². The number of hydrogen-bond donors (Lipinski definition) is 1. The van der Waals surface area contributed by atoms with Gasteiger partial charge in [-0.1, -0.05) is 47.6 Å². The van der Waals surface area contributed by atoms with Crippen LogP contribution in [0.1, 0.15) is 23.3 Å². The molecule has 120 valence electrons. The third kappa shape index (κ3) is 2.60. The van der Waals surface area contributed by atoms with Crippen LogP contribution in [0.3, 0.4) is 0 Å². The molecule has 4 rings (SSSR count). The van der Waals surface area contributed by atoms with Crippen molar-refractivity contribution in [2.45, 2.75) is 12.2 Å². The first-order valence-corrected chi connectivity index (χ1v) is 8.73. The third-order valence-corrected chi connectivity index (χ3v) is 5.40. The van der Waals surface area contributed by atoms with Crippen molar-refractivity contribution in [1.29, 1.82) is 0 Å². The first-order valence-electron chi connectivity index (χ1n) is 7.47. The zero-order valence-corrected chi connectivity index (χ0v) is 14.4. The second kappa shape index (κ2) is 6.00. The summed E-state index contributed by atoms with van der Waals surface area (Å²) < 4.78 is 1.79. The summed E-state index contributed by atoms with van der Waals surface area (Å²) in [4.78, 5) is 4.69. The molecule has 24 heavy (non-hydrogen) atoms. The van der Waals surface area contributed by atoms with Gasteiger partial charge in [-0.05, 0) is 36.8 Å². The van der Waals surface area contributed by atoms with Gasteiger partial charge in [-0.3, -0.25) is 0 Å². The fourth-order valence-corrected chi connectivity index (χ4v) is 4.04. The maximum Gasteiger partial charge on any atom is 0.161 e. The molecule has 0 saturated heterocycles. The van der Waals surface area contributed by atoms with E-state index in [0.717, 1.165) is 27.7 Å². The summed E-state index contributed by atoms with van der Waals surface area (Å²) in [5.41, 5.74) is 2.96. The highest BCUT2D eigenvalue weighted by Crippen LogP contribution is 2.46. The maximum absolute atomic E-state index is 9.52. The van der Waals surface area contributed by atoms with E-state index in [1.165, 1.54) is 0 Å². The van der Waals surface area contributed by atoms with E-state index >= 15 is 0 Å². The van der Waals surface area contributed by atoms with Crippen LogP contribution in [0.4, 0.5) is 5.82 Å². The van der Waals surface area contributed by atoms with Crippen molar-refractivity contribution in [3.8, 4) is 11.4 Å². The molecule has 0 saturated carbocycles. The van der Waals surface area contributed by atoms with Crippen molar-refractivity contribution in [1.82, 2.24) is 9.78 Å². The Bertz CT molecular complexity index is 934. The van der Waals surface area contributed by atoms with Gasteiger partial charge in [-0.15, -0.1) is 0 Å². The topological polar surface area (TPSA) is 50.4 Å². The van der Waals surface area contributed by atoms with Crippen molar-refractivity contribution in [2.24, 2.45) is 4.99 Å². The summed E-state index contributed by atoms with van der Waals surface area (Å²) in [5.74, 6) is 1.06. The molecule has 0 radical (unpaired) electrons. The Balaban J connectivity index is 1.85. The number of aromatic nitrogens is 2. The first kappa shape index (κ1) is 15.3. The maximum atomic E-state index is 9.52. The predicted octanol–water partition coefficient (Wildman–Crippen LogP) is 5.12. The third-order valence-electron chi connectivity index (χ3n) is 3.88. The summed E-state index contributed by atoms with van der Waals surface area (Å²) in [6.07, 6.45) is 1.85. The quantitative estimate of drug-likeness (QED) is 0.694. The molecule has 0 aliphatic carbocycles. The lowest BCUT2D eigenvalue weighted by molar-refractivity contribution is 0.475. The van der Waals surface area contributed by atoms with E-state index in [9.17, 15) is 5.11 Å². The molecule has 0 unspecified atom stereocenters. The number of thioether (sulfide) groups is 1. The lowest BCUT2D eigenvalue weighted by Crippen LogP contribution is -2.06. The fourth-order valence-electron chi connectivity index (χ4n) is 2.76. The SMILES string of the molecule is CC1=Nc2c(cnn2-c2ccccc2Cl)[C@H](c2ccc(O)cc2)S1. The zero-order chi connectivity index (χ0) is 16.7. The Morgan fingerprint density at radius 1 is 1.12 bits per heavy atom. The van der Waals surface area contributed by atoms with Gasteiger partial charge in [0.05, 0.1) is 27.2 Å². The minimum absolute atomic E-state index is 0.0920. The fraction of sp³-hybridized carbons (Fsp3) is 0.111. The zero-order valence-electron chi connectivity index (χ0n) is 12.8. The van der Waals surface area contributed by atoms with Gasteiger partial charge in [-0.2, -0.15) is 5.10 Å². The number of aliphatic imine (C=N–C) groups is 1. The number of rotatable bonds is 2. The van der Waals surface area contributed by atoms with Crippen molar-refractivity contribution < 1.29 is 5.11 Å². The highest BCUT2D eigenvalue weighted by molar-refractivity contribution is 8.14. The molecule has 1 aromatic heterocycles. The van der Waals surface area contributed by atoms with Crippen LogP contribution in [0.5, 0.6) is 5.75 Å². The average molecular weight is 356 g/mol. The minimum atomic E-state index is 0.0920. The first-order chi connectivity index (χ1) is 11.6. The Morgan fingerprint density at radius 2 is 1.88 bits per heavy atom. The largest absolute Gasteiger partial charge is 0.508 e. The number of hydrogen-bond acceptors (Lipinski definition) is 4. The van der Waals surface area contributed by atoms with Crippen LogP contribution < -0.4 is 0 Å². The van der Waals surface area contributed by atoms with E-state index < -0.39 is 0 Å².